The van der Waals surface area contributed by atoms with Crippen molar-refractivity contribution in [1.82, 2.24) is 15.2 Å². The Labute approximate surface area is 98.9 Å². The van der Waals surface area contributed by atoms with Gasteiger partial charge in [0.2, 0.25) is 0 Å². The normalized spacial score (nSPS) is 13.0. The van der Waals surface area contributed by atoms with E-state index in [1.54, 1.807) is 0 Å². The van der Waals surface area contributed by atoms with Crippen molar-refractivity contribution < 1.29 is 0 Å². The van der Waals surface area contributed by atoms with Crippen LogP contribution in [0.1, 0.15) is 19.4 Å². The van der Waals surface area contributed by atoms with E-state index >= 15 is 0 Å². The molecule has 0 fully saturated rings. The van der Waals surface area contributed by atoms with E-state index in [0.29, 0.717) is 5.92 Å². The van der Waals surface area contributed by atoms with Crippen LogP contribution in [0.3, 0.4) is 0 Å². The van der Waals surface area contributed by atoms with Gasteiger partial charge in [-0.05, 0) is 43.8 Å². The first-order valence-corrected chi connectivity index (χ1v) is 6.00. The van der Waals surface area contributed by atoms with Crippen LogP contribution in [-0.2, 0) is 6.54 Å². The molecule has 90 valence electrons. The lowest BCUT2D eigenvalue weighted by Gasteiger charge is -2.21. The zero-order valence-corrected chi connectivity index (χ0v) is 10.6. The largest absolute Gasteiger partial charge is 0.317 e. The maximum absolute atomic E-state index is 4.03. The lowest BCUT2D eigenvalue weighted by Crippen LogP contribution is -2.30. The molecule has 3 heteroatoms. The fraction of sp³-hybridized carbons (Fsp3) is 0.615. The second kappa shape index (κ2) is 7.36. The van der Waals surface area contributed by atoms with Gasteiger partial charge in [0.1, 0.15) is 0 Å². The van der Waals surface area contributed by atoms with Gasteiger partial charge >= 0.3 is 0 Å². The molecule has 1 rings (SSSR count). The Morgan fingerprint density at radius 2 is 2.06 bits per heavy atom. The van der Waals surface area contributed by atoms with E-state index in [1.165, 1.54) is 5.56 Å². The minimum atomic E-state index is 0.687. The quantitative estimate of drug-likeness (QED) is 0.760. The van der Waals surface area contributed by atoms with Gasteiger partial charge in [-0.15, -0.1) is 0 Å². The average Bonchev–Trinajstić information content (AvgIpc) is 2.27. The molecular weight excluding hydrogens is 198 g/mol. The number of hydrogen-bond donors (Lipinski definition) is 1. The standard InChI is InChI=1S/C13H23N3/c1-4-14-9-12(2)10-16(3)11-13-5-7-15-8-6-13/h5-8,12,14H,4,9-11H2,1-3H3. The molecule has 1 N–H and O–H groups in total. The van der Waals surface area contributed by atoms with Gasteiger partial charge in [-0.25, -0.2) is 0 Å². The van der Waals surface area contributed by atoms with Crippen molar-refractivity contribution in [3.05, 3.63) is 30.1 Å². The Kier molecular flexibility index (Phi) is 6.04. The zero-order valence-electron chi connectivity index (χ0n) is 10.6. The van der Waals surface area contributed by atoms with Crippen molar-refractivity contribution in [3.63, 3.8) is 0 Å². The van der Waals surface area contributed by atoms with Gasteiger partial charge in [-0.2, -0.15) is 0 Å². The molecule has 0 bridgehead atoms. The summed E-state index contributed by atoms with van der Waals surface area (Å²) in [5, 5.41) is 3.38. The minimum Gasteiger partial charge on any atom is -0.317 e. The molecular formula is C13H23N3. The van der Waals surface area contributed by atoms with E-state index in [2.05, 4.69) is 48.2 Å². The fourth-order valence-electron chi connectivity index (χ4n) is 1.85. The third kappa shape index (κ3) is 5.24. The second-order valence-electron chi connectivity index (χ2n) is 4.47. The van der Waals surface area contributed by atoms with E-state index in [-0.39, 0.29) is 0 Å². The molecule has 3 nitrogen and oxygen atoms in total. The van der Waals surface area contributed by atoms with Crippen molar-refractivity contribution in [1.29, 1.82) is 0 Å². The van der Waals surface area contributed by atoms with Crippen molar-refractivity contribution in [3.8, 4) is 0 Å². The van der Waals surface area contributed by atoms with Crippen LogP contribution in [0.4, 0.5) is 0 Å². The highest BCUT2D eigenvalue weighted by atomic mass is 15.1. The third-order valence-electron chi connectivity index (χ3n) is 2.57. The van der Waals surface area contributed by atoms with E-state index in [1.807, 2.05) is 12.4 Å². The second-order valence-corrected chi connectivity index (χ2v) is 4.47. The molecule has 16 heavy (non-hydrogen) atoms. The topological polar surface area (TPSA) is 28.2 Å². The van der Waals surface area contributed by atoms with E-state index in [9.17, 15) is 0 Å². The first-order chi connectivity index (χ1) is 7.72. The first kappa shape index (κ1) is 13.1. The SMILES string of the molecule is CCNCC(C)CN(C)Cc1ccncc1. The monoisotopic (exact) mass is 221 g/mol. The van der Waals surface area contributed by atoms with Gasteiger partial charge in [0, 0.05) is 25.5 Å². The average molecular weight is 221 g/mol. The number of aromatic nitrogens is 1. The summed E-state index contributed by atoms with van der Waals surface area (Å²) in [6.07, 6.45) is 3.70. The number of nitrogens with zero attached hydrogens (tertiary/aromatic N) is 2. The summed E-state index contributed by atoms with van der Waals surface area (Å²) >= 11 is 0. The maximum Gasteiger partial charge on any atom is 0.0271 e. The van der Waals surface area contributed by atoms with Crippen LogP contribution in [0.15, 0.2) is 24.5 Å². The molecule has 0 aromatic carbocycles. The van der Waals surface area contributed by atoms with E-state index in [0.717, 1.165) is 26.2 Å². The van der Waals surface area contributed by atoms with Crippen LogP contribution in [0.5, 0.6) is 0 Å². The Balaban J connectivity index is 2.27. The van der Waals surface area contributed by atoms with Gasteiger partial charge in [-0.1, -0.05) is 13.8 Å². The summed E-state index contributed by atoms with van der Waals surface area (Å²) in [5.74, 6) is 0.687. The molecule has 1 aromatic rings. The van der Waals surface area contributed by atoms with Gasteiger partial charge in [0.05, 0.1) is 0 Å². The molecule has 1 atom stereocenters. The molecule has 0 radical (unpaired) electrons. The van der Waals surface area contributed by atoms with Crippen molar-refractivity contribution in [2.75, 3.05) is 26.7 Å². The number of hydrogen-bond acceptors (Lipinski definition) is 3. The molecule has 0 amide bonds. The lowest BCUT2D eigenvalue weighted by molar-refractivity contribution is 0.274. The number of nitrogens with one attached hydrogen (secondary N) is 1. The molecule has 0 aliphatic rings. The minimum absolute atomic E-state index is 0.687. The molecule has 1 aromatic heterocycles. The molecule has 0 aliphatic carbocycles. The van der Waals surface area contributed by atoms with Gasteiger partial charge in [-0.3, -0.25) is 4.98 Å². The van der Waals surface area contributed by atoms with Crippen molar-refractivity contribution in [2.24, 2.45) is 5.92 Å². The molecule has 1 heterocycles. The Hall–Kier alpha value is -0.930. The summed E-state index contributed by atoms with van der Waals surface area (Å²) < 4.78 is 0. The summed E-state index contributed by atoms with van der Waals surface area (Å²) in [6, 6.07) is 4.15. The molecule has 1 unspecified atom stereocenters. The Morgan fingerprint density at radius 1 is 1.38 bits per heavy atom. The van der Waals surface area contributed by atoms with Crippen molar-refractivity contribution in [2.45, 2.75) is 20.4 Å². The highest BCUT2D eigenvalue weighted by Gasteiger charge is 2.06. The number of pyridine rings is 1. The fourth-order valence-corrected chi connectivity index (χ4v) is 1.85. The first-order valence-electron chi connectivity index (χ1n) is 6.00. The summed E-state index contributed by atoms with van der Waals surface area (Å²) in [5.41, 5.74) is 1.33. The van der Waals surface area contributed by atoms with Crippen LogP contribution in [0.2, 0.25) is 0 Å². The van der Waals surface area contributed by atoms with Gasteiger partial charge < -0.3 is 10.2 Å². The van der Waals surface area contributed by atoms with Crippen LogP contribution < -0.4 is 5.32 Å². The maximum atomic E-state index is 4.03. The predicted octanol–water partition coefficient (Wildman–Crippen LogP) is 1.76. The van der Waals surface area contributed by atoms with E-state index < -0.39 is 0 Å². The predicted molar refractivity (Wildman–Crippen MR) is 68.3 cm³/mol. The van der Waals surface area contributed by atoms with E-state index in [4.69, 9.17) is 0 Å². The lowest BCUT2D eigenvalue weighted by atomic mass is 10.1. The van der Waals surface area contributed by atoms with Crippen LogP contribution in [-0.4, -0.2) is 36.6 Å². The summed E-state index contributed by atoms with van der Waals surface area (Å²) in [6.45, 7) is 8.70. The summed E-state index contributed by atoms with van der Waals surface area (Å²) in [7, 11) is 2.17. The molecule has 0 saturated carbocycles. The Morgan fingerprint density at radius 3 is 2.69 bits per heavy atom. The summed E-state index contributed by atoms with van der Waals surface area (Å²) in [4.78, 5) is 6.38. The van der Waals surface area contributed by atoms with Gasteiger partial charge in [0.25, 0.3) is 0 Å². The van der Waals surface area contributed by atoms with Crippen LogP contribution >= 0.6 is 0 Å². The van der Waals surface area contributed by atoms with Gasteiger partial charge in [0.15, 0.2) is 0 Å². The van der Waals surface area contributed by atoms with Crippen LogP contribution in [0.25, 0.3) is 0 Å². The molecule has 0 aliphatic heterocycles. The Bertz CT molecular complexity index is 274. The number of rotatable bonds is 7. The molecule has 0 spiro atoms. The highest BCUT2D eigenvalue weighted by Crippen LogP contribution is 2.04. The van der Waals surface area contributed by atoms with Crippen molar-refractivity contribution >= 4 is 0 Å². The highest BCUT2D eigenvalue weighted by molar-refractivity contribution is 5.09. The van der Waals surface area contributed by atoms with Crippen LogP contribution in [0, 0.1) is 5.92 Å². The molecule has 0 saturated heterocycles. The zero-order chi connectivity index (χ0) is 11.8. The third-order valence-corrected chi connectivity index (χ3v) is 2.57. The smallest absolute Gasteiger partial charge is 0.0271 e.